The Hall–Kier alpha value is -2.35. The number of aromatic nitrogens is 3. The van der Waals surface area contributed by atoms with Gasteiger partial charge in [-0.3, -0.25) is 4.68 Å². The Balaban J connectivity index is 1.61. The van der Waals surface area contributed by atoms with E-state index in [9.17, 15) is 4.79 Å². The van der Waals surface area contributed by atoms with Gasteiger partial charge in [0.05, 0.1) is 42.0 Å². The van der Waals surface area contributed by atoms with Gasteiger partial charge in [0.2, 0.25) is 0 Å². The van der Waals surface area contributed by atoms with Crippen molar-refractivity contribution in [3.05, 3.63) is 28.9 Å². The van der Waals surface area contributed by atoms with Crippen LogP contribution in [0.4, 0.5) is 10.5 Å². The molecule has 0 bridgehead atoms. The van der Waals surface area contributed by atoms with E-state index in [1.54, 1.807) is 0 Å². The third-order valence-electron chi connectivity index (χ3n) is 4.57. The number of carbonyl (C=O) groups excluding carboxylic acids is 1. The molecule has 1 aliphatic heterocycles. The molecule has 1 fully saturated rings. The lowest BCUT2D eigenvalue weighted by molar-refractivity contribution is 0.181. The highest BCUT2D eigenvalue weighted by Crippen LogP contribution is 2.21. The quantitative estimate of drug-likeness (QED) is 0.865. The third-order valence-corrected chi connectivity index (χ3v) is 4.57. The van der Waals surface area contributed by atoms with Crippen LogP contribution in [0.1, 0.15) is 29.8 Å². The molecule has 8 heteroatoms. The number of hydrogen-bond donors (Lipinski definition) is 2. The average molecular weight is 347 g/mol. The molecule has 25 heavy (non-hydrogen) atoms. The van der Waals surface area contributed by atoms with Crippen molar-refractivity contribution < 1.29 is 14.1 Å². The summed E-state index contributed by atoms with van der Waals surface area (Å²) in [6, 6.07) is 1.62. The van der Waals surface area contributed by atoms with E-state index in [0.717, 1.165) is 35.1 Å². The lowest BCUT2D eigenvalue weighted by atomic mass is 9.98. The largest absolute Gasteiger partial charge is 0.379 e. The molecule has 0 aliphatic carbocycles. The van der Waals surface area contributed by atoms with Crippen molar-refractivity contribution in [1.29, 1.82) is 0 Å². The molecule has 2 aromatic heterocycles. The fraction of sp³-hybridized carbons (Fsp3) is 0.588. The maximum absolute atomic E-state index is 12.4. The van der Waals surface area contributed by atoms with E-state index in [2.05, 4.69) is 20.9 Å². The van der Waals surface area contributed by atoms with E-state index in [-0.39, 0.29) is 18.0 Å². The SMILES string of the molecule is CCn1nc(C)c(NC(=O)N[C@@H]2COC[C@@H]2Cc2cc(C)no2)c1C. The first-order valence-electron chi connectivity index (χ1n) is 8.59. The standard InChI is InChI=1S/C17H25N5O3/c1-5-22-12(4)16(11(3)20-22)19-17(23)18-15-9-24-8-13(15)7-14-6-10(2)21-25-14/h6,13,15H,5,7-9H2,1-4H3,(H2,18,19,23)/t13-,15+/m0/s1. The molecule has 3 heterocycles. The summed E-state index contributed by atoms with van der Waals surface area (Å²) in [5, 5.41) is 14.3. The minimum atomic E-state index is -0.240. The van der Waals surface area contributed by atoms with E-state index in [0.29, 0.717) is 19.6 Å². The smallest absolute Gasteiger partial charge is 0.319 e. The first kappa shape index (κ1) is 17.5. The average Bonchev–Trinajstić information content (AvgIpc) is 3.24. The van der Waals surface area contributed by atoms with Gasteiger partial charge in [0.1, 0.15) is 5.76 Å². The summed E-state index contributed by atoms with van der Waals surface area (Å²) in [5.41, 5.74) is 3.38. The summed E-state index contributed by atoms with van der Waals surface area (Å²) in [7, 11) is 0. The number of rotatable bonds is 5. The van der Waals surface area contributed by atoms with E-state index < -0.39 is 0 Å². The van der Waals surface area contributed by atoms with Gasteiger partial charge < -0.3 is 19.9 Å². The number of carbonyl (C=O) groups is 1. The Morgan fingerprint density at radius 1 is 1.36 bits per heavy atom. The van der Waals surface area contributed by atoms with Gasteiger partial charge in [-0.1, -0.05) is 5.16 Å². The molecule has 8 nitrogen and oxygen atoms in total. The van der Waals surface area contributed by atoms with Crippen molar-refractivity contribution in [2.75, 3.05) is 18.5 Å². The van der Waals surface area contributed by atoms with Gasteiger partial charge in [-0.05, 0) is 27.7 Å². The Bertz CT molecular complexity index is 752. The van der Waals surface area contributed by atoms with Gasteiger partial charge in [0, 0.05) is 24.9 Å². The zero-order valence-electron chi connectivity index (χ0n) is 15.1. The van der Waals surface area contributed by atoms with Gasteiger partial charge in [-0.15, -0.1) is 0 Å². The fourth-order valence-corrected chi connectivity index (χ4v) is 3.23. The highest BCUT2D eigenvalue weighted by atomic mass is 16.5. The van der Waals surface area contributed by atoms with Crippen LogP contribution >= 0.6 is 0 Å². The molecule has 0 saturated carbocycles. The predicted octanol–water partition coefficient (Wildman–Crippen LogP) is 2.20. The summed E-state index contributed by atoms with van der Waals surface area (Å²) in [4.78, 5) is 12.4. The molecule has 0 unspecified atom stereocenters. The number of amides is 2. The van der Waals surface area contributed by atoms with Crippen molar-refractivity contribution in [3.8, 4) is 0 Å². The van der Waals surface area contributed by atoms with Gasteiger partial charge >= 0.3 is 6.03 Å². The van der Waals surface area contributed by atoms with Gasteiger partial charge in [0.25, 0.3) is 0 Å². The first-order valence-corrected chi connectivity index (χ1v) is 8.59. The molecule has 0 aromatic carbocycles. The molecule has 136 valence electrons. The Labute approximate surface area is 146 Å². The lowest BCUT2D eigenvalue weighted by Crippen LogP contribution is -2.43. The van der Waals surface area contributed by atoms with Crippen molar-refractivity contribution >= 4 is 11.7 Å². The van der Waals surface area contributed by atoms with Crippen molar-refractivity contribution in [2.45, 2.75) is 46.7 Å². The number of anilines is 1. The monoisotopic (exact) mass is 347 g/mol. The van der Waals surface area contributed by atoms with E-state index in [1.165, 1.54) is 0 Å². The van der Waals surface area contributed by atoms with Crippen LogP contribution in [-0.2, 0) is 17.7 Å². The molecule has 2 amide bonds. The van der Waals surface area contributed by atoms with Crippen molar-refractivity contribution in [3.63, 3.8) is 0 Å². The van der Waals surface area contributed by atoms with Crippen LogP contribution < -0.4 is 10.6 Å². The second kappa shape index (κ2) is 7.26. The Morgan fingerprint density at radius 2 is 2.16 bits per heavy atom. The zero-order valence-corrected chi connectivity index (χ0v) is 15.1. The second-order valence-corrected chi connectivity index (χ2v) is 6.50. The molecule has 1 aliphatic rings. The molecule has 1 saturated heterocycles. The zero-order chi connectivity index (χ0) is 18.0. The van der Waals surface area contributed by atoms with Crippen LogP contribution in [-0.4, -0.2) is 40.2 Å². The maximum Gasteiger partial charge on any atom is 0.319 e. The van der Waals surface area contributed by atoms with Gasteiger partial charge in [-0.2, -0.15) is 5.10 Å². The highest BCUT2D eigenvalue weighted by molar-refractivity contribution is 5.90. The topological polar surface area (TPSA) is 94.2 Å². The number of aryl methyl sites for hydroxylation is 3. The van der Waals surface area contributed by atoms with Crippen LogP contribution in [0.3, 0.4) is 0 Å². The van der Waals surface area contributed by atoms with Crippen LogP contribution in [0.25, 0.3) is 0 Å². The van der Waals surface area contributed by atoms with Crippen LogP contribution in [0.5, 0.6) is 0 Å². The molecule has 2 N–H and O–H groups in total. The normalized spacial score (nSPS) is 20.0. The van der Waals surface area contributed by atoms with Crippen LogP contribution in [0.2, 0.25) is 0 Å². The van der Waals surface area contributed by atoms with Crippen LogP contribution in [0.15, 0.2) is 10.6 Å². The molecule has 2 atom stereocenters. The Kier molecular flexibility index (Phi) is 5.08. The van der Waals surface area contributed by atoms with Crippen molar-refractivity contribution in [2.24, 2.45) is 5.92 Å². The molecule has 0 radical (unpaired) electrons. The molecule has 3 rings (SSSR count). The van der Waals surface area contributed by atoms with Gasteiger partial charge in [-0.25, -0.2) is 4.79 Å². The molecular formula is C17H25N5O3. The minimum Gasteiger partial charge on any atom is -0.379 e. The molecule has 0 spiro atoms. The first-order chi connectivity index (χ1) is 12.0. The summed E-state index contributed by atoms with van der Waals surface area (Å²) in [5.74, 6) is 0.981. The third kappa shape index (κ3) is 3.84. The number of nitrogens with zero attached hydrogens (tertiary/aromatic N) is 3. The number of ether oxygens (including phenoxy) is 1. The number of hydrogen-bond acceptors (Lipinski definition) is 5. The number of urea groups is 1. The molecular weight excluding hydrogens is 322 g/mol. The predicted molar refractivity (Wildman–Crippen MR) is 92.6 cm³/mol. The van der Waals surface area contributed by atoms with E-state index in [1.807, 2.05) is 38.4 Å². The Morgan fingerprint density at radius 3 is 2.80 bits per heavy atom. The lowest BCUT2D eigenvalue weighted by Gasteiger charge is -2.18. The summed E-state index contributed by atoms with van der Waals surface area (Å²) in [6.45, 7) is 9.62. The second-order valence-electron chi connectivity index (χ2n) is 6.50. The van der Waals surface area contributed by atoms with E-state index in [4.69, 9.17) is 9.26 Å². The number of nitrogens with one attached hydrogen (secondary N) is 2. The van der Waals surface area contributed by atoms with E-state index >= 15 is 0 Å². The maximum atomic E-state index is 12.4. The highest BCUT2D eigenvalue weighted by Gasteiger charge is 2.31. The fourth-order valence-electron chi connectivity index (χ4n) is 3.23. The summed E-state index contributed by atoms with van der Waals surface area (Å²) in [6.07, 6.45) is 0.692. The van der Waals surface area contributed by atoms with Crippen molar-refractivity contribution in [1.82, 2.24) is 20.3 Å². The summed E-state index contributed by atoms with van der Waals surface area (Å²) < 4.78 is 12.7. The minimum absolute atomic E-state index is 0.0627. The summed E-state index contributed by atoms with van der Waals surface area (Å²) >= 11 is 0. The molecule has 2 aromatic rings. The van der Waals surface area contributed by atoms with Gasteiger partial charge in [0.15, 0.2) is 0 Å². The van der Waals surface area contributed by atoms with Crippen LogP contribution in [0, 0.1) is 26.7 Å².